The van der Waals surface area contributed by atoms with Gasteiger partial charge in [0, 0.05) is 32.4 Å². The summed E-state index contributed by atoms with van der Waals surface area (Å²) in [5.74, 6) is 0.0235. The Morgan fingerprint density at radius 1 is 1.59 bits per heavy atom. The van der Waals surface area contributed by atoms with Crippen molar-refractivity contribution >= 4 is 5.78 Å². The fourth-order valence-corrected chi connectivity index (χ4v) is 2.08. The minimum absolute atomic E-state index is 0.0235. The second-order valence-electron chi connectivity index (χ2n) is 4.65. The number of aromatic nitrogens is 2. The minimum atomic E-state index is -0.360. The third-order valence-electron chi connectivity index (χ3n) is 3.19. The van der Waals surface area contributed by atoms with Crippen LogP contribution in [0.5, 0.6) is 0 Å². The third kappa shape index (κ3) is 2.56. The molecule has 1 aromatic rings. The lowest BCUT2D eigenvalue weighted by molar-refractivity contribution is -0.0260. The third-order valence-corrected chi connectivity index (χ3v) is 3.19. The van der Waals surface area contributed by atoms with Crippen molar-refractivity contribution < 1.29 is 9.53 Å². The molecule has 5 nitrogen and oxygen atoms in total. The average molecular weight is 237 g/mol. The van der Waals surface area contributed by atoms with E-state index in [0.29, 0.717) is 24.9 Å². The zero-order valence-corrected chi connectivity index (χ0v) is 10.6. The highest BCUT2D eigenvalue weighted by Crippen LogP contribution is 2.13. The second kappa shape index (κ2) is 4.98. The molecule has 0 aromatic carbocycles. The van der Waals surface area contributed by atoms with Gasteiger partial charge >= 0.3 is 0 Å². The van der Waals surface area contributed by atoms with Gasteiger partial charge in [0.15, 0.2) is 0 Å². The van der Waals surface area contributed by atoms with E-state index in [2.05, 4.69) is 23.8 Å². The summed E-state index contributed by atoms with van der Waals surface area (Å²) in [6, 6.07) is 2.18. The van der Waals surface area contributed by atoms with Crippen LogP contribution in [0.15, 0.2) is 12.3 Å². The second-order valence-corrected chi connectivity index (χ2v) is 4.65. The van der Waals surface area contributed by atoms with Crippen molar-refractivity contribution in [2.24, 2.45) is 7.05 Å². The molecule has 5 heteroatoms. The molecule has 2 heterocycles. The molecule has 1 aliphatic rings. The van der Waals surface area contributed by atoms with Gasteiger partial charge in [-0.2, -0.15) is 5.10 Å². The van der Waals surface area contributed by atoms with E-state index in [1.54, 1.807) is 24.0 Å². The number of nitrogens with zero attached hydrogens (tertiary/aromatic N) is 3. The number of morpholine rings is 1. The van der Waals surface area contributed by atoms with Crippen LogP contribution >= 0.6 is 0 Å². The van der Waals surface area contributed by atoms with Gasteiger partial charge in [0.05, 0.1) is 6.61 Å². The number of aryl methyl sites for hydroxylation is 1. The van der Waals surface area contributed by atoms with E-state index in [9.17, 15) is 4.79 Å². The molecule has 1 aromatic heterocycles. The Morgan fingerprint density at radius 2 is 2.35 bits per heavy atom. The quantitative estimate of drug-likeness (QED) is 0.726. The standard InChI is InChI=1S/C12H19N3O2/c1-9(2)15-6-7-17-11(8-15)12(16)10-4-5-13-14(10)3/h4-5,9,11H,6-8H2,1-3H3. The Hall–Kier alpha value is -1.20. The molecule has 1 atom stereocenters. The van der Waals surface area contributed by atoms with Crippen molar-refractivity contribution in [1.29, 1.82) is 0 Å². The lowest BCUT2D eigenvalue weighted by atomic mass is 10.1. The van der Waals surface area contributed by atoms with Gasteiger partial charge in [-0.05, 0) is 19.9 Å². The highest BCUT2D eigenvalue weighted by atomic mass is 16.5. The number of ketones is 1. The lowest BCUT2D eigenvalue weighted by Crippen LogP contribution is -2.48. The van der Waals surface area contributed by atoms with Crippen LogP contribution in [-0.2, 0) is 11.8 Å². The molecule has 1 fully saturated rings. The van der Waals surface area contributed by atoms with E-state index in [0.717, 1.165) is 6.54 Å². The number of ether oxygens (including phenoxy) is 1. The number of Topliss-reactive ketones (excluding diaryl/α,β-unsaturated/α-hetero) is 1. The smallest absolute Gasteiger partial charge is 0.210 e. The van der Waals surface area contributed by atoms with Crippen molar-refractivity contribution in [3.63, 3.8) is 0 Å². The summed E-state index contributed by atoms with van der Waals surface area (Å²) >= 11 is 0. The first-order chi connectivity index (χ1) is 8.09. The van der Waals surface area contributed by atoms with Gasteiger partial charge in [-0.3, -0.25) is 14.4 Å². The van der Waals surface area contributed by atoms with E-state index in [4.69, 9.17) is 4.74 Å². The lowest BCUT2D eigenvalue weighted by Gasteiger charge is -2.34. The van der Waals surface area contributed by atoms with Gasteiger partial charge in [-0.15, -0.1) is 0 Å². The maximum Gasteiger partial charge on any atom is 0.210 e. The molecular formula is C12H19N3O2. The van der Waals surface area contributed by atoms with Crippen molar-refractivity contribution in [3.8, 4) is 0 Å². The fourth-order valence-electron chi connectivity index (χ4n) is 2.08. The number of carbonyl (C=O) groups excluding carboxylic acids is 1. The summed E-state index contributed by atoms with van der Waals surface area (Å²) in [6.45, 7) is 6.45. The molecule has 1 aliphatic heterocycles. The van der Waals surface area contributed by atoms with Gasteiger partial charge in [-0.1, -0.05) is 0 Å². The van der Waals surface area contributed by atoms with E-state index in [1.165, 1.54) is 0 Å². The van der Waals surface area contributed by atoms with Gasteiger partial charge < -0.3 is 4.74 Å². The number of hydrogen-bond acceptors (Lipinski definition) is 4. The van der Waals surface area contributed by atoms with Gasteiger partial charge in [-0.25, -0.2) is 0 Å². The molecule has 0 bridgehead atoms. The van der Waals surface area contributed by atoms with Crippen LogP contribution in [0.3, 0.4) is 0 Å². The molecule has 17 heavy (non-hydrogen) atoms. The predicted octanol–water partition coefficient (Wildman–Crippen LogP) is 0.712. The Morgan fingerprint density at radius 3 is 2.94 bits per heavy atom. The summed E-state index contributed by atoms with van der Waals surface area (Å²) < 4.78 is 7.16. The molecule has 1 unspecified atom stereocenters. The fraction of sp³-hybridized carbons (Fsp3) is 0.667. The molecule has 2 rings (SSSR count). The maximum atomic E-state index is 12.2. The first-order valence-corrected chi connectivity index (χ1v) is 5.97. The molecule has 0 radical (unpaired) electrons. The minimum Gasteiger partial charge on any atom is -0.367 e. The van der Waals surface area contributed by atoms with Crippen molar-refractivity contribution in [3.05, 3.63) is 18.0 Å². The average Bonchev–Trinajstić information content (AvgIpc) is 2.74. The van der Waals surface area contributed by atoms with Gasteiger partial charge in [0.25, 0.3) is 0 Å². The topological polar surface area (TPSA) is 47.4 Å². The van der Waals surface area contributed by atoms with E-state index >= 15 is 0 Å². The summed E-state index contributed by atoms with van der Waals surface area (Å²) in [5, 5.41) is 4.01. The molecule has 0 N–H and O–H groups in total. The van der Waals surface area contributed by atoms with Crippen molar-refractivity contribution in [1.82, 2.24) is 14.7 Å². The van der Waals surface area contributed by atoms with Crippen LogP contribution in [0, 0.1) is 0 Å². The zero-order valence-electron chi connectivity index (χ0n) is 10.6. The normalized spacial score (nSPS) is 22.0. The van der Waals surface area contributed by atoms with Crippen LogP contribution in [-0.4, -0.2) is 52.3 Å². The summed E-state index contributed by atoms with van der Waals surface area (Å²) in [4.78, 5) is 14.5. The highest BCUT2D eigenvalue weighted by Gasteiger charge is 2.29. The zero-order chi connectivity index (χ0) is 12.4. The van der Waals surface area contributed by atoms with Gasteiger partial charge in [0.2, 0.25) is 5.78 Å². The Kier molecular flexibility index (Phi) is 3.59. The van der Waals surface area contributed by atoms with Crippen LogP contribution in [0.25, 0.3) is 0 Å². The molecule has 0 saturated carbocycles. The van der Waals surface area contributed by atoms with Crippen molar-refractivity contribution in [2.45, 2.75) is 26.0 Å². The first kappa shape index (κ1) is 12.3. The molecule has 0 aliphatic carbocycles. The first-order valence-electron chi connectivity index (χ1n) is 5.97. The van der Waals surface area contributed by atoms with E-state index in [1.807, 2.05) is 0 Å². The monoisotopic (exact) mass is 237 g/mol. The Labute approximate surface area is 101 Å². The molecular weight excluding hydrogens is 218 g/mol. The van der Waals surface area contributed by atoms with Crippen LogP contribution < -0.4 is 0 Å². The SMILES string of the molecule is CC(C)N1CCOC(C(=O)c2ccnn2C)C1. The molecule has 0 spiro atoms. The Balaban J connectivity index is 2.07. The number of carbonyl (C=O) groups is 1. The number of hydrogen-bond donors (Lipinski definition) is 0. The van der Waals surface area contributed by atoms with E-state index in [-0.39, 0.29) is 11.9 Å². The summed E-state index contributed by atoms with van der Waals surface area (Å²) in [7, 11) is 1.77. The molecule has 94 valence electrons. The largest absolute Gasteiger partial charge is 0.367 e. The summed E-state index contributed by atoms with van der Waals surface area (Å²) in [6.07, 6.45) is 1.28. The highest BCUT2D eigenvalue weighted by molar-refractivity contribution is 5.98. The van der Waals surface area contributed by atoms with Crippen LogP contribution in [0.1, 0.15) is 24.3 Å². The number of rotatable bonds is 3. The van der Waals surface area contributed by atoms with Crippen LogP contribution in [0.4, 0.5) is 0 Å². The molecule has 1 saturated heterocycles. The molecule has 0 amide bonds. The van der Waals surface area contributed by atoms with Gasteiger partial charge in [0.1, 0.15) is 11.8 Å². The summed E-state index contributed by atoms with van der Waals surface area (Å²) in [5.41, 5.74) is 0.612. The Bertz CT molecular complexity index is 400. The van der Waals surface area contributed by atoms with E-state index < -0.39 is 0 Å². The maximum absolute atomic E-state index is 12.2. The predicted molar refractivity (Wildman–Crippen MR) is 64.0 cm³/mol. The van der Waals surface area contributed by atoms with Crippen LogP contribution in [0.2, 0.25) is 0 Å². The van der Waals surface area contributed by atoms with Crippen molar-refractivity contribution in [2.75, 3.05) is 19.7 Å².